The van der Waals surface area contributed by atoms with Crippen molar-refractivity contribution in [1.29, 1.82) is 0 Å². The standard InChI is InChI=1S/C16H22N2O6/c1-10(19)9-23-13-8-11(6-7-12(13)22-5)14(20)17-18-15(21)24-16(2,3)4/h6-8H,9H2,1-5H3,(H,17,20)(H,18,21). The molecule has 1 rings (SSSR count). The summed E-state index contributed by atoms with van der Waals surface area (Å²) in [5.41, 5.74) is 3.91. The number of amides is 2. The van der Waals surface area contributed by atoms with Gasteiger partial charge in [0.1, 0.15) is 12.2 Å². The summed E-state index contributed by atoms with van der Waals surface area (Å²) in [5, 5.41) is 0. The molecule has 2 amide bonds. The maximum Gasteiger partial charge on any atom is 0.426 e. The van der Waals surface area contributed by atoms with Gasteiger partial charge in [0.25, 0.3) is 5.91 Å². The first-order chi connectivity index (χ1) is 11.1. The van der Waals surface area contributed by atoms with Crippen molar-refractivity contribution >= 4 is 17.8 Å². The first kappa shape index (κ1) is 19.3. The van der Waals surface area contributed by atoms with Gasteiger partial charge < -0.3 is 14.2 Å². The largest absolute Gasteiger partial charge is 0.493 e. The maximum absolute atomic E-state index is 12.1. The molecule has 0 aliphatic carbocycles. The molecule has 0 heterocycles. The molecular weight excluding hydrogens is 316 g/mol. The molecule has 0 spiro atoms. The number of nitrogens with one attached hydrogen (secondary N) is 2. The van der Waals surface area contributed by atoms with E-state index >= 15 is 0 Å². The van der Waals surface area contributed by atoms with E-state index in [0.717, 1.165) is 0 Å². The predicted octanol–water partition coefficient (Wildman–Crippen LogP) is 1.83. The first-order valence-corrected chi connectivity index (χ1v) is 7.22. The van der Waals surface area contributed by atoms with E-state index in [9.17, 15) is 14.4 Å². The van der Waals surface area contributed by atoms with E-state index in [4.69, 9.17) is 14.2 Å². The topological polar surface area (TPSA) is 103 Å². The van der Waals surface area contributed by atoms with E-state index in [2.05, 4.69) is 10.9 Å². The van der Waals surface area contributed by atoms with Crippen LogP contribution in [0.5, 0.6) is 11.5 Å². The van der Waals surface area contributed by atoms with Crippen molar-refractivity contribution in [2.24, 2.45) is 0 Å². The van der Waals surface area contributed by atoms with Crippen LogP contribution in [0.25, 0.3) is 0 Å². The van der Waals surface area contributed by atoms with E-state index in [0.29, 0.717) is 5.75 Å². The summed E-state index contributed by atoms with van der Waals surface area (Å²) in [7, 11) is 1.44. The molecule has 0 aromatic heterocycles. The van der Waals surface area contributed by atoms with Crippen LogP contribution in [0.15, 0.2) is 18.2 Å². The molecular formula is C16H22N2O6. The summed E-state index contributed by atoms with van der Waals surface area (Å²) in [6.45, 7) is 6.36. The van der Waals surface area contributed by atoms with Crippen LogP contribution in [0, 0.1) is 0 Å². The van der Waals surface area contributed by atoms with Crippen LogP contribution in [0.4, 0.5) is 4.79 Å². The van der Waals surface area contributed by atoms with Gasteiger partial charge >= 0.3 is 6.09 Å². The molecule has 0 aliphatic heterocycles. The molecule has 0 fully saturated rings. The minimum absolute atomic E-state index is 0.141. The Labute approximate surface area is 140 Å². The zero-order chi connectivity index (χ0) is 18.3. The van der Waals surface area contributed by atoms with Crippen molar-refractivity contribution in [2.75, 3.05) is 13.7 Å². The third kappa shape index (κ3) is 6.55. The number of rotatable bonds is 5. The molecule has 1 aromatic rings. The van der Waals surface area contributed by atoms with Crippen molar-refractivity contribution in [3.8, 4) is 11.5 Å². The molecule has 132 valence electrons. The number of hydrogen-bond donors (Lipinski definition) is 2. The summed E-state index contributed by atoms with van der Waals surface area (Å²) >= 11 is 0. The number of methoxy groups -OCH3 is 1. The number of ketones is 1. The zero-order valence-electron chi connectivity index (χ0n) is 14.4. The normalized spacial score (nSPS) is 10.5. The van der Waals surface area contributed by atoms with E-state index < -0.39 is 17.6 Å². The Hall–Kier alpha value is -2.77. The van der Waals surface area contributed by atoms with Crippen LogP contribution in [-0.2, 0) is 9.53 Å². The van der Waals surface area contributed by atoms with E-state index in [1.807, 2.05) is 0 Å². The van der Waals surface area contributed by atoms with Gasteiger partial charge in [0.15, 0.2) is 17.3 Å². The lowest BCUT2D eigenvalue weighted by Gasteiger charge is -2.19. The number of carbonyl (C=O) groups excluding carboxylic acids is 3. The highest BCUT2D eigenvalue weighted by Crippen LogP contribution is 2.28. The van der Waals surface area contributed by atoms with Crippen LogP contribution in [0.2, 0.25) is 0 Å². The molecule has 2 N–H and O–H groups in total. The molecule has 24 heavy (non-hydrogen) atoms. The predicted molar refractivity (Wildman–Crippen MR) is 86.0 cm³/mol. The first-order valence-electron chi connectivity index (χ1n) is 7.22. The second-order valence-corrected chi connectivity index (χ2v) is 5.94. The van der Waals surface area contributed by atoms with Gasteiger partial charge in [-0.25, -0.2) is 10.2 Å². The third-order valence-corrected chi connectivity index (χ3v) is 2.53. The van der Waals surface area contributed by atoms with Gasteiger partial charge in [-0.05, 0) is 45.9 Å². The third-order valence-electron chi connectivity index (χ3n) is 2.53. The Balaban J connectivity index is 2.74. The molecule has 1 aromatic carbocycles. The van der Waals surface area contributed by atoms with Crippen LogP contribution < -0.4 is 20.3 Å². The highest BCUT2D eigenvalue weighted by molar-refractivity contribution is 5.95. The summed E-state index contributed by atoms with van der Waals surface area (Å²) in [6.07, 6.45) is -0.780. The zero-order valence-corrected chi connectivity index (χ0v) is 14.4. The number of ether oxygens (including phenoxy) is 3. The van der Waals surface area contributed by atoms with Crippen LogP contribution in [0.3, 0.4) is 0 Å². The van der Waals surface area contributed by atoms with Gasteiger partial charge in [-0.2, -0.15) is 0 Å². The van der Waals surface area contributed by atoms with Crippen molar-refractivity contribution in [2.45, 2.75) is 33.3 Å². The summed E-state index contributed by atoms with van der Waals surface area (Å²) in [5.74, 6) is -0.111. The quantitative estimate of drug-likeness (QED) is 0.794. The molecule has 0 aliphatic rings. The SMILES string of the molecule is COc1ccc(C(=O)NNC(=O)OC(C)(C)C)cc1OCC(C)=O. The van der Waals surface area contributed by atoms with Gasteiger partial charge in [-0.15, -0.1) is 0 Å². The minimum atomic E-state index is -0.780. The Morgan fingerprint density at radius 2 is 1.75 bits per heavy atom. The van der Waals surface area contributed by atoms with Crippen molar-refractivity contribution in [3.05, 3.63) is 23.8 Å². The number of Topliss-reactive ketones (excluding diaryl/α,β-unsaturated/α-hetero) is 1. The van der Waals surface area contributed by atoms with E-state index in [1.54, 1.807) is 20.8 Å². The molecule has 0 radical (unpaired) electrons. The second-order valence-electron chi connectivity index (χ2n) is 5.94. The lowest BCUT2D eigenvalue weighted by atomic mass is 10.2. The van der Waals surface area contributed by atoms with Crippen LogP contribution >= 0.6 is 0 Å². The fourth-order valence-electron chi connectivity index (χ4n) is 1.59. The highest BCUT2D eigenvalue weighted by Gasteiger charge is 2.17. The maximum atomic E-state index is 12.1. The van der Waals surface area contributed by atoms with Crippen molar-refractivity contribution in [3.63, 3.8) is 0 Å². The molecule has 0 bridgehead atoms. The second kappa shape index (κ2) is 8.19. The lowest BCUT2D eigenvalue weighted by molar-refractivity contribution is -0.118. The van der Waals surface area contributed by atoms with Gasteiger partial charge in [-0.1, -0.05) is 0 Å². The number of hydrazine groups is 1. The Morgan fingerprint density at radius 1 is 1.08 bits per heavy atom. The summed E-state index contributed by atoms with van der Waals surface area (Å²) in [4.78, 5) is 34.6. The molecule has 8 heteroatoms. The van der Waals surface area contributed by atoms with Gasteiger partial charge in [0.2, 0.25) is 0 Å². The molecule has 8 nitrogen and oxygen atoms in total. The van der Waals surface area contributed by atoms with Crippen molar-refractivity contribution < 1.29 is 28.6 Å². The van der Waals surface area contributed by atoms with Gasteiger partial charge in [0.05, 0.1) is 7.11 Å². The monoisotopic (exact) mass is 338 g/mol. The summed E-state index contributed by atoms with van der Waals surface area (Å²) < 4.78 is 15.4. The van der Waals surface area contributed by atoms with E-state index in [-0.39, 0.29) is 23.7 Å². The number of carbonyl (C=O) groups is 3. The van der Waals surface area contributed by atoms with Crippen molar-refractivity contribution in [1.82, 2.24) is 10.9 Å². The Bertz CT molecular complexity index is 621. The Morgan fingerprint density at radius 3 is 2.29 bits per heavy atom. The molecule has 0 unspecified atom stereocenters. The summed E-state index contributed by atoms with van der Waals surface area (Å²) in [6, 6.07) is 4.43. The number of hydrogen-bond acceptors (Lipinski definition) is 6. The lowest BCUT2D eigenvalue weighted by Crippen LogP contribution is -2.44. The van der Waals surface area contributed by atoms with E-state index in [1.165, 1.54) is 32.2 Å². The smallest absolute Gasteiger partial charge is 0.426 e. The molecule has 0 saturated carbocycles. The average molecular weight is 338 g/mol. The van der Waals surface area contributed by atoms with Crippen LogP contribution in [0.1, 0.15) is 38.1 Å². The van der Waals surface area contributed by atoms with Gasteiger partial charge in [0, 0.05) is 5.56 Å². The highest BCUT2D eigenvalue weighted by atomic mass is 16.6. The van der Waals surface area contributed by atoms with Crippen LogP contribution in [-0.4, -0.2) is 37.1 Å². The minimum Gasteiger partial charge on any atom is -0.493 e. The number of benzene rings is 1. The van der Waals surface area contributed by atoms with Gasteiger partial charge in [-0.3, -0.25) is 15.0 Å². The Kier molecular flexibility index (Phi) is 6.58. The fraction of sp³-hybridized carbons (Fsp3) is 0.438. The average Bonchev–Trinajstić information content (AvgIpc) is 2.48. The molecule has 0 atom stereocenters. The molecule has 0 saturated heterocycles. The fourth-order valence-corrected chi connectivity index (χ4v) is 1.59.